The van der Waals surface area contributed by atoms with Crippen LogP contribution in [-0.2, 0) is 28.4 Å². The van der Waals surface area contributed by atoms with Crippen molar-refractivity contribution in [3.05, 3.63) is 47.9 Å². The van der Waals surface area contributed by atoms with Crippen LogP contribution in [0.3, 0.4) is 0 Å². The van der Waals surface area contributed by atoms with Crippen molar-refractivity contribution in [2.75, 3.05) is 23.8 Å². The zero-order chi connectivity index (χ0) is 26.2. The molecule has 2 aliphatic heterocycles. The van der Waals surface area contributed by atoms with E-state index in [9.17, 15) is 13.6 Å². The number of ether oxygens (including phenoxy) is 1. The number of morpholine rings is 1. The number of carbonyl (C=O) groups excluding carboxylic acids is 1. The molecule has 0 aromatic carbocycles. The van der Waals surface area contributed by atoms with Crippen LogP contribution in [0.4, 0.5) is 26.1 Å². The predicted octanol–water partition coefficient (Wildman–Crippen LogP) is 3.68. The first-order valence-electron chi connectivity index (χ1n) is 12.2. The number of hydrogen-bond acceptors (Lipinski definition) is 9. The first kappa shape index (κ1) is 25.0. The van der Waals surface area contributed by atoms with Crippen molar-refractivity contribution in [3.8, 4) is 11.3 Å². The van der Waals surface area contributed by atoms with Crippen LogP contribution in [0.25, 0.3) is 11.3 Å². The first-order valence-corrected chi connectivity index (χ1v) is 12.2. The van der Waals surface area contributed by atoms with Gasteiger partial charge in [0.05, 0.1) is 30.6 Å². The van der Waals surface area contributed by atoms with Crippen molar-refractivity contribution in [2.24, 2.45) is 0 Å². The Morgan fingerprint density at radius 1 is 1.22 bits per heavy atom. The van der Waals surface area contributed by atoms with Crippen molar-refractivity contribution in [1.29, 1.82) is 0 Å². The summed E-state index contributed by atoms with van der Waals surface area (Å²) in [5.74, 6) is -2.90. The number of pyridine rings is 1. The van der Waals surface area contributed by atoms with Gasteiger partial charge in [-0.05, 0) is 18.9 Å². The number of alkyl halides is 2. The van der Waals surface area contributed by atoms with Crippen molar-refractivity contribution < 1.29 is 18.3 Å². The number of carbonyl (C=O) groups is 1. The fourth-order valence-corrected chi connectivity index (χ4v) is 4.57. The molecule has 10 nitrogen and oxygen atoms in total. The number of aryl methyl sites for hydroxylation is 1. The molecule has 194 valence electrons. The molecule has 12 heteroatoms. The van der Waals surface area contributed by atoms with Crippen LogP contribution < -0.4 is 10.6 Å². The Balaban J connectivity index is 1.49. The van der Waals surface area contributed by atoms with E-state index in [-0.39, 0.29) is 17.8 Å². The average Bonchev–Trinajstić information content (AvgIpc) is 3.47. The highest BCUT2D eigenvalue weighted by Crippen LogP contribution is 2.33. The molecular formula is C25H28F2N8O2. The van der Waals surface area contributed by atoms with Gasteiger partial charge in [0.25, 0.3) is 0 Å². The molecular weight excluding hydrogens is 482 g/mol. The molecule has 2 fully saturated rings. The Morgan fingerprint density at radius 2 is 2.05 bits per heavy atom. The normalized spacial score (nSPS) is 19.3. The van der Waals surface area contributed by atoms with E-state index < -0.39 is 11.7 Å². The maximum absolute atomic E-state index is 14.1. The lowest BCUT2D eigenvalue weighted by Gasteiger charge is -2.25. The van der Waals surface area contributed by atoms with Crippen LogP contribution in [0.15, 0.2) is 30.6 Å². The number of anilines is 3. The summed E-state index contributed by atoms with van der Waals surface area (Å²) in [6.45, 7) is 6.15. The average molecular weight is 511 g/mol. The molecule has 2 atom stereocenters. The number of likely N-dealkylation sites (tertiary alicyclic amines) is 1. The molecule has 0 spiro atoms. The Bertz CT molecular complexity index is 1320. The van der Waals surface area contributed by atoms with E-state index in [4.69, 9.17) is 9.72 Å². The van der Waals surface area contributed by atoms with Crippen LogP contribution in [0, 0.1) is 0 Å². The molecule has 2 bridgehead atoms. The highest BCUT2D eigenvalue weighted by atomic mass is 19.3. The smallest absolute Gasteiger partial charge is 0.303 e. The van der Waals surface area contributed by atoms with Gasteiger partial charge >= 0.3 is 5.92 Å². The first-order chi connectivity index (χ1) is 17.7. The van der Waals surface area contributed by atoms with E-state index >= 15 is 0 Å². The summed E-state index contributed by atoms with van der Waals surface area (Å²) in [6, 6.07) is 5.37. The van der Waals surface area contributed by atoms with Crippen molar-refractivity contribution in [3.63, 3.8) is 0 Å². The molecule has 0 saturated carbocycles. The van der Waals surface area contributed by atoms with Gasteiger partial charge in [0.1, 0.15) is 17.5 Å². The van der Waals surface area contributed by atoms with Gasteiger partial charge in [0.2, 0.25) is 11.7 Å². The summed E-state index contributed by atoms with van der Waals surface area (Å²) >= 11 is 0. The molecule has 1 amide bonds. The van der Waals surface area contributed by atoms with Gasteiger partial charge in [-0.1, -0.05) is 6.92 Å². The topological polar surface area (TPSA) is 118 Å². The Morgan fingerprint density at radius 3 is 2.73 bits per heavy atom. The van der Waals surface area contributed by atoms with Crippen molar-refractivity contribution in [2.45, 2.75) is 58.2 Å². The number of rotatable bonds is 8. The number of aromatic nitrogens is 5. The minimum absolute atomic E-state index is 0.201. The number of nitrogens with zero attached hydrogens (tertiary/aromatic N) is 6. The molecule has 3 aromatic heterocycles. The molecule has 5 rings (SSSR count). The standard InChI is InChI=1S/C25H28F2N8O2/c1-4-15-7-22(34-24(31-15)25(3,26)27)33-20-9-21(30-14(2)36)29-10-18(20)19-5-6-28-23(32-19)12-35-11-17-8-16(35)13-37-17/h5-7,9-10,16-17H,4,8,11-13H2,1-3H3,(H2,29,30,31,33,34,36)/t16-,17-/m1/s1. The molecule has 3 aromatic rings. The number of nitrogens with one attached hydrogen (secondary N) is 2. The minimum atomic E-state index is -3.20. The van der Waals surface area contributed by atoms with Crippen molar-refractivity contribution in [1.82, 2.24) is 29.8 Å². The SMILES string of the molecule is CCc1cc(Nc2cc(NC(C)=O)ncc2-c2ccnc(CN3C[C@H]4C[C@@H]3CO4)n2)nc(C(C)(F)F)n1. The van der Waals surface area contributed by atoms with Gasteiger partial charge in [0, 0.05) is 62.2 Å². The van der Waals surface area contributed by atoms with E-state index in [1.807, 2.05) is 6.92 Å². The summed E-state index contributed by atoms with van der Waals surface area (Å²) in [4.78, 5) is 35.5. The van der Waals surface area contributed by atoms with Crippen LogP contribution in [-0.4, -0.2) is 61.0 Å². The summed E-state index contributed by atoms with van der Waals surface area (Å²) < 4.78 is 33.8. The van der Waals surface area contributed by atoms with E-state index in [1.165, 1.54) is 6.92 Å². The number of fused-ring (bicyclic) bond motifs is 2. The lowest BCUT2D eigenvalue weighted by atomic mass is 10.1. The quantitative estimate of drug-likeness (QED) is 0.468. The zero-order valence-corrected chi connectivity index (χ0v) is 20.8. The minimum Gasteiger partial charge on any atom is -0.375 e. The monoisotopic (exact) mass is 510 g/mol. The zero-order valence-electron chi connectivity index (χ0n) is 20.8. The Labute approximate surface area is 212 Å². The van der Waals surface area contributed by atoms with Gasteiger partial charge in [-0.25, -0.2) is 24.9 Å². The maximum atomic E-state index is 14.1. The highest BCUT2D eigenvalue weighted by molar-refractivity contribution is 5.89. The van der Waals surface area contributed by atoms with E-state index in [2.05, 4.69) is 35.5 Å². The largest absolute Gasteiger partial charge is 0.375 e. The molecule has 0 aliphatic carbocycles. The summed E-state index contributed by atoms with van der Waals surface area (Å²) in [6.07, 6.45) is 5.02. The molecule has 2 aliphatic rings. The summed E-state index contributed by atoms with van der Waals surface area (Å²) in [5.41, 5.74) is 2.16. The molecule has 0 radical (unpaired) electrons. The van der Waals surface area contributed by atoms with Gasteiger partial charge in [-0.3, -0.25) is 9.69 Å². The second-order valence-electron chi connectivity index (χ2n) is 9.36. The third kappa shape index (κ3) is 5.70. The van der Waals surface area contributed by atoms with Crippen LogP contribution in [0.5, 0.6) is 0 Å². The fourth-order valence-electron chi connectivity index (χ4n) is 4.57. The highest BCUT2D eigenvalue weighted by Gasteiger charge is 2.39. The fraction of sp³-hybridized carbons (Fsp3) is 0.440. The second kappa shape index (κ2) is 10.0. The second-order valence-corrected chi connectivity index (χ2v) is 9.36. The molecule has 37 heavy (non-hydrogen) atoms. The van der Waals surface area contributed by atoms with Crippen LogP contribution in [0.1, 0.15) is 44.5 Å². The summed E-state index contributed by atoms with van der Waals surface area (Å²) in [7, 11) is 0. The van der Waals surface area contributed by atoms with Gasteiger partial charge in [-0.15, -0.1) is 0 Å². The van der Waals surface area contributed by atoms with Gasteiger partial charge in [-0.2, -0.15) is 8.78 Å². The van der Waals surface area contributed by atoms with Gasteiger partial charge < -0.3 is 15.4 Å². The maximum Gasteiger partial charge on any atom is 0.303 e. The Hall–Kier alpha value is -3.64. The number of amides is 1. The lowest BCUT2D eigenvalue weighted by molar-refractivity contribution is -0.114. The van der Waals surface area contributed by atoms with E-state index in [0.29, 0.717) is 53.3 Å². The molecule has 2 N–H and O–H groups in total. The summed E-state index contributed by atoms with van der Waals surface area (Å²) in [5, 5.41) is 5.77. The van der Waals surface area contributed by atoms with E-state index in [1.54, 1.807) is 30.6 Å². The molecule has 5 heterocycles. The van der Waals surface area contributed by atoms with Crippen LogP contribution >= 0.6 is 0 Å². The third-order valence-corrected chi connectivity index (χ3v) is 6.34. The van der Waals surface area contributed by atoms with Gasteiger partial charge in [0.15, 0.2) is 0 Å². The third-order valence-electron chi connectivity index (χ3n) is 6.34. The van der Waals surface area contributed by atoms with Crippen LogP contribution in [0.2, 0.25) is 0 Å². The number of halogens is 2. The number of hydrogen-bond donors (Lipinski definition) is 2. The van der Waals surface area contributed by atoms with E-state index in [0.717, 1.165) is 26.5 Å². The molecule has 2 saturated heterocycles. The van der Waals surface area contributed by atoms with Crippen molar-refractivity contribution >= 4 is 23.2 Å². The predicted molar refractivity (Wildman–Crippen MR) is 132 cm³/mol. The molecule has 0 unspecified atom stereocenters. The Kier molecular flexibility index (Phi) is 6.78. The lowest BCUT2D eigenvalue weighted by Crippen LogP contribution is -2.36.